The fourth-order valence-electron chi connectivity index (χ4n) is 2.63. The van der Waals surface area contributed by atoms with E-state index in [2.05, 4.69) is 15.0 Å². The summed E-state index contributed by atoms with van der Waals surface area (Å²) in [5, 5.41) is 2.40. The Morgan fingerprint density at radius 1 is 0.969 bits per heavy atom. The third-order valence-corrected chi connectivity index (χ3v) is 4.24. The predicted molar refractivity (Wildman–Crippen MR) is 108 cm³/mol. The van der Waals surface area contributed by atoms with Gasteiger partial charge in [-0.3, -0.25) is 4.79 Å². The van der Waals surface area contributed by atoms with Gasteiger partial charge in [0.1, 0.15) is 17.2 Å². The van der Waals surface area contributed by atoms with E-state index >= 15 is 0 Å². The zero-order valence-electron chi connectivity index (χ0n) is 16.9. The average molecular weight is 446 g/mol. The number of carbonyl (C=O) groups is 2. The van der Waals surface area contributed by atoms with Gasteiger partial charge in [-0.25, -0.2) is 9.78 Å². The Kier molecular flexibility index (Phi) is 6.62. The number of aromatic nitrogens is 1. The van der Waals surface area contributed by atoms with Gasteiger partial charge in [0.2, 0.25) is 0 Å². The number of nitrogens with one attached hydrogen (secondary N) is 1. The smallest absolute Gasteiger partial charge is 0.416 e. The van der Waals surface area contributed by atoms with Gasteiger partial charge >= 0.3 is 12.1 Å². The zero-order chi connectivity index (χ0) is 23.3. The third kappa shape index (κ3) is 5.34. The first-order chi connectivity index (χ1) is 15.2. The SMILES string of the molecule is COC(=O)c1ccc(C(=O)Nc2cc(C(F)(F)F)ccc2Oc2cccc(OC)c2)cn1. The largest absolute Gasteiger partial charge is 0.497 e. The Bertz CT molecular complexity index is 1130. The number of hydrogen-bond donors (Lipinski definition) is 1. The molecule has 3 aromatic rings. The van der Waals surface area contributed by atoms with Gasteiger partial charge in [-0.2, -0.15) is 13.2 Å². The lowest BCUT2D eigenvalue weighted by atomic mass is 10.1. The molecule has 0 radical (unpaired) electrons. The predicted octanol–water partition coefficient (Wildman–Crippen LogP) is 4.94. The van der Waals surface area contributed by atoms with Crippen LogP contribution in [0.1, 0.15) is 26.4 Å². The van der Waals surface area contributed by atoms with Crippen LogP contribution < -0.4 is 14.8 Å². The Labute approximate surface area is 180 Å². The summed E-state index contributed by atoms with van der Waals surface area (Å²) in [4.78, 5) is 27.9. The van der Waals surface area contributed by atoms with E-state index < -0.39 is 23.6 Å². The highest BCUT2D eigenvalue weighted by atomic mass is 19.4. The average Bonchev–Trinajstić information content (AvgIpc) is 2.79. The molecule has 1 aromatic heterocycles. The Morgan fingerprint density at radius 2 is 1.72 bits per heavy atom. The molecule has 3 rings (SSSR count). The quantitative estimate of drug-likeness (QED) is 0.540. The summed E-state index contributed by atoms with van der Waals surface area (Å²) in [5.41, 5.74) is -1.18. The normalized spacial score (nSPS) is 10.9. The van der Waals surface area contributed by atoms with Crippen LogP contribution in [0.5, 0.6) is 17.2 Å². The lowest BCUT2D eigenvalue weighted by Gasteiger charge is -2.15. The van der Waals surface area contributed by atoms with E-state index in [1.165, 1.54) is 26.4 Å². The molecule has 0 aliphatic carbocycles. The molecule has 166 valence electrons. The maximum Gasteiger partial charge on any atom is 0.416 e. The van der Waals surface area contributed by atoms with Gasteiger partial charge in [0.15, 0.2) is 5.75 Å². The molecule has 0 fully saturated rings. The second-order valence-corrected chi connectivity index (χ2v) is 6.37. The van der Waals surface area contributed by atoms with Crippen LogP contribution in [0.2, 0.25) is 0 Å². The lowest BCUT2D eigenvalue weighted by Crippen LogP contribution is -2.15. The van der Waals surface area contributed by atoms with Crippen LogP contribution in [0.15, 0.2) is 60.8 Å². The van der Waals surface area contributed by atoms with Gasteiger partial charge in [0.25, 0.3) is 5.91 Å². The molecule has 0 atom stereocenters. The molecule has 1 amide bonds. The van der Waals surface area contributed by atoms with Crippen LogP contribution in [-0.4, -0.2) is 31.1 Å². The first kappa shape index (κ1) is 22.6. The number of hydrogen-bond acceptors (Lipinski definition) is 6. The number of rotatable bonds is 6. The number of benzene rings is 2. The second-order valence-electron chi connectivity index (χ2n) is 6.37. The van der Waals surface area contributed by atoms with Crippen LogP contribution in [0.3, 0.4) is 0 Å². The number of ether oxygens (including phenoxy) is 3. The summed E-state index contributed by atoms with van der Waals surface area (Å²) in [7, 11) is 2.64. The molecule has 0 unspecified atom stereocenters. The van der Waals surface area contributed by atoms with Crippen LogP contribution in [-0.2, 0) is 10.9 Å². The molecular formula is C22H17F3N2O5. The number of carbonyl (C=O) groups excluding carboxylic acids is 2. The first-order valence-electron chi connectivity index (χ1n) is 9.10. The molecule has 7 nitrogen and oxygen atoms in total. The highest BCUT2D eigenvalue weighted by Crippen LogP contribution is 2.37. The van der Waals surface area contributed by atoms with Crippen molar-refractivity contribution in [2.24, 2.45) is 0 Å². The Hall–Kier alpha value is -4.08. The number of amides is 1. The standard InChI is InChI=1S/C22H17F3N2O5/c1-30-15-4-3-5-16(11-15)32-19-9-7-14(22(23,24)25)10-18(19)27-20(28)13-6-8-17(26-12-13)21(29)31-2/h3-12H,1-2H3,(H,27,28). The summed E-state index contributed by atoms with van der Waals surface area (Å²) >= 11 is 0. The minimum absolute atomic E-state index is 0.0151. The van der Waals surface area contributed by atoms with E-state index in [-0.39, 0.29) is 22.7 Å². The molecule has 0 aliphatic rings. The van der Waals surface area contributed by atoms with Crippen molar-refractivity contribution in [2.45, 2.75) is 6.18 Å². The number of methoxy groups -OCH3 is 2. The van der Waals surface area contributed by atoms with Gasteiger partial charge in [-0.05, 0) is 42.5 Å². The summed E-state index contributed by atoms with van der Waals surface area (Å²) in [5.74, 6) is -0.674. The minimum Gasteiger partial charge on any atom is -0.497 e. The lowest BCUT2D eigenvalue weighted by molar-refractivity contribution is -0.137. The molecule has 0 saturated carbocycles. The Morgan fingerprint density at radius 3 is 2.34 bits per heavy atom. The van der Waals surface area contributed by atoms with E-state index in [0.717, 1.165) is 24.4 Å². The van der Waals surface area contributed by atoms with Crippen molar-refractivity contribution in [3.05, 3.63) is 77.6 Å². The highest BCUT2D eigenvalue weighted by molar-refractivity contribution is 6.05. The summed E-state index contributed by atoms with van der Waals surface area (Å²) in [6, 6.07) is 11.7. The van der Waals surface area contributed by atoms with Crippen LogP contribution >= 0.6 is 0 Å². The number of anilines is 1. The molecule has 0 saturated heterocycles. The number of alkyl halides is 3. The van der Waals surface area contributed by atoms with Crippen molar-refractivity contribution < 1.29 is 37.0 Å². The van der Waals surface area contributed by atoms with Gasteiger partial charge in [0, 0.05) is 12.3 Å². The monoisotopic (exact) mass is 446 g/mol. The molecule has 10 heteroatoms. The molecular weight excluding hydrogens is 429 g/mol. The van der Waals surface area contributed by atoms with Crippen molar-refractivity contribution >= 4 is 17.6 Å². The molecule has 1 heterocycles. The van der Waals surface area contributed by atoms with Crippen molar-refractivity contribution in [1.29, 1.82) is 0 Å². The number of nitrogens with zero attached hydrogens (tertiary/aromatic N) is 1. The van der Waals surface area contributed by atoms with Gasteiger partial charge in [-0.1, -0.05) is 6.07 Å². The van der Waals surface area contributed by atoms with Crippen molar-refractivity contribution in [2.75, 3.05) is 19.5 Å². The molecule has 2 aromatic carbocycles. The van der Waals surface area contributed by atoms with Crippen LogP contribution in [0, 0.1) is 0 Å². The fraction of sp³-hybridized carbons (Fsp3) is 0.136. The third-order valence-electron chi connectivity index (χ3n) is 4.24. The maximum absolute atomic E-state index is 13.2. The summed E-state index contributed by atoms with van der Waals surface area (Å²) < 4.78 is 55.0. The van der Waals surface area contributed by atoms with E-state index in [1.807, 2.05) is 0 Å². The van der Waals surface area contributed by atoms with Crippen LogP contribution in [0.25, 0.3) is 0 Å². The van der Waals surface area contributed by atoms with E-state index in [0.29, 0.717) is 11.5 Å². The van der Waals surface area contributed by atoms with Crippen molar-refractivity contribution in [3.8, 4) is 17.2 Å². The summed E-state index contributed by atoms with van der Waals surface area (Å²) in [6.07, 6.45) is -3.52. The number of halogens is 3. The molecule has 32 heavy (non-hydrogen) atoms. The van der Waals surface area contributed by atoms with Crippen molar-refractivity contribution in [3.63, 3.8) is 0 Å². The fourth-order valence-corrected chi connectivity index (χ4v) is 2.63. The van der Waals surface area contributed by atoms with Crippen molar-refractivity contribution in [1.82, 2.24) is 4.98 Å². The molecule has 0 bridgehead atoms. The molecule has 1 N–H and O–H groups in total. The maximum atomic E-state index is 13.2. The number of pyridine rings is 1. The van der Waals surface area contributed by atoms with Crippen LogP contribution in [0.4, 0.5) is 18.9 Å². The van der Waals surface area contributed by atoms with E-state index in [4.69, 9.17) is 9.47 Å². The highest BCUT2D eigenvalue weighted by Gasteiger charge is 2.31. The van der Waals surface area contributed by atoms with Gasteiger partial charge < -0.3 is 19.5 Å². The topological polar surface area (TPSA) is 86.8 Å². The first-order valence-corrected chi connectivity index (χ1v) is 9.10. The molecule has 0 aliphatic heterocycles. The van der Waals surface area contributed by atoms with E-state index in [1.54, 1.807) is 24.3 Å². The van der Waals surface area contributed by atoms with Gasteiger partial charge in [-0.15, -0.1) is 0 Å². The van der Waals surface area contributed by atoms with E-state index in [9.17, 15) is 22.8 Å². The number of esters is 1. The van der Waals surface area contributed by atoms with Gasteiger partial charge in [0.05, 0.1) is 31.0 Å². The Balaban J connectivity index is 1.91. The minimum atomic E-state index is -4.63. The second kappa shape index (κ2) is 9.38. The summed E-state index contributed by atoms with van der Waals surface area (Å²) in [6.45, 7) is 0. The molecule has 0 spiro atoms. The zero-order valence-corrected chi connectivity index (χ0v) is 16.9.